The number of nitrogens with zero attached hydrogens (tertiary/aromatic N) is 2. The van der Waals surface area contributed by atoms with Crippen molar-refractivity contribution in [3.8, 4) is 0 Å². The third kappa shape index (κ3) is 1.71. The molecule has 0 aliphatic heterocycles. The molecule has 0 radical (unpaired) electrons. The summed E-state index contributed by atoms with van der Waals surface area (Å²) in [7, 11) is 0. The van der Waals surface area contributed by atoms with Gasteiger partial charge in [0, 0.05) is 5.69 Å². The largest absolute Gasteiger partial charge is 0.382 e. The number of benzene rings is 1. The molecule has 0 saturated carbocycles. The van der Waals surface area contributed by atoms with E-state index in [2.05, 4.69) is 38.7 Å². The van der Waals surface area contributed by atoms with Crippen LogP contribution in [0.3, 0.4) is 0 Å². The first-order valence-corrected chi connectivity index (χ1v) is 6.79. The van der Waals surface area contributed by atoms with E-state index in [1.807, 2.05) is 12.1 Å². The lowest BCUT2D eigenvalue weighted by atomic mass is 10.1. The minimum Gasteiger partial charge on any atom is -0.382 e. The number of aromatic nitrogens is 3. The van der Waals surface area contributed by atoms with Crippen molar-refractivity contribution in [2.75, 3.05) is 11.1 Å². The third-order valence-electron chi connectivity index (χ3n) is 3.86. The SMILES string of the molecule is Nc1n[nH]c2nc(Nc3cccc4c3CCC4)ccc12. The van der Waals surface area contributed by atoms with Gasteiger partial charge in [-0.05, 0) is 48.6 Å². The van der Waals surface area contributed by atoms with E-state index >= 15 is 0 Å². The molecule has 1 aliphatic carbocycles. The highest BCUT2D eigenvalue weighted by molar-refractivity contribution is 5.87. The van der Waals surface area contributed by atoms with Crippen LogP contribution in [-0.2, 0) is 12.8 Å². The zero-order valence-electron chi connectivity index (χ0n) is 11.0. The Kier molecular flexibility index (Phi) is 2.39. The maximum Gasteiger partial charge on any atom is 0.159 e. The summed E-state index contributed by atoms with van der Waals surface area (Å²) in [5.74, 6) is 1.29. The first-order valence-electron chi connectivity index (χ1n) is 6.79. The van der Waals surface area contributed by atoms with Crippen molar-refractivity contribution in [2.45, 2.75) is 19.3 Å². The summed E-state index contributed by atoms with van der Waals surface area (Å²) < 4.78 is 0. The number of anilines is 3. The monoisotopic (exact) mass is 265 g/mol. The fourth-order valence-electron chi connectivity index (χ4n) is 2.87. The summed E-state index contributed by atoms with van der Waals surface area (Å²) in [5, 5.41) is 11.1. The summed E-state index contributed by atoms with van der Waals surface area (Å²) in [6.45, 7) is 0. The van der Waals surface area contributed by atoms with Gasteiger partial charge >= 0.3 is 0 Å². The maximum atomic E-state index is 5.75. The molecule has 4 rings (SSSR count). The van der Waals surface area contributed by atoms with Gasteiger partial charge < -0.3 is 11.1 Å². The number of nitrogens with two attached hydrogens (primary N) is 1. The zero-order valence-corrected chi connectivity index (χ0v) is 11.0. The predicted octanol–water partition coefficient (Wildman–Crippen LogP) is 2.77. The molecule has 1 aliphatic rings. The highest BCUT2D eigenvalue weighted by Gasteiger charge is 2.14. The highest BCUT2D eigenvalue weighted by atomic mass is 15.2. The number of pyridine rings is 1. The maximum absolute atomic E-state index is 5.75. The number of aromatic amines is 1. The molecule has 0 spiro atoms. The lowest BCUT2D eigenvalue weighted by molar-refractivity contribution is 0.912. The van der Waals surface area contributed by atoms with Crippen molar-refractivity contribution in [3.05, 3.63) is 41.5 Å². The Hall–Kier alpha value is -2.56. The fourth-order valence-corrected chi connectivity index (χ4v) is 2.87. The Morgan fingerprint density at radius 2 is 2.10 bits per heavy atom. The first kappa shape index (κ1) is 11.3. The van der Waals surface area contributed by atoms with Crippen molar-refractivity contribution in [2.24, 2.45) is 0 Å². The van der Waals surface area contributed by atoms with Crippen LogP contribution in [0, 0.1) is 0 Å². The van der Waals surface area contributed by atoms with Crippen molar-refractivity contribution in [1.29, 1.82) is 0 Å². The molecule has 0 bridgehead atoms. The lowest BCUT2D eigenvalue weighted by Crippen LogP contribution is -1.97. The third-order valence-corrected chi connectivity index (χ3v) is 3.86. The van der Waals surface area contributed by atoms with Crippen LogP contribution in [-0.4, -0.2) is 15.2 Å². The highest BCUT2D eigenvalue weighted by Crippen LogP contribution is 2.30. The number of fused-ring (bicyclic) bond motifs is 2. The van der Waals surface area contributed by atoms with E-state index in [0.717, 1.165) is 23.3 Å². The van der Waals surface area contributed by atoms with E-state index in [9.17, 15) is 0 Å². The summed E-state index contributed by atoms with van der Waals surface area (Å²) in [6.07, 6.45) is 3.55. The van der Waals surface area contributed by atoms with Crippen LogP contribution >= 0.6 is 0 Å². The zero-order chi connectivity index (χ0) is 13.5. The number of nitrogen functional groups attached to an aromatic ring is 1. The number of nitrogens with one attached hydrogen (secondary N) is 2. The smallest absolute Gasteiger partial charge is 0.159 e. The number of aryl methyl sites for hydroxylation is 1. The Morgan fingerprint density at radius 3 is 3.05 bits per heavy atom. The van der Waals surface area contributed by atoms with Gasteiger partial charge in [-0.25, -0.2) is 4.98 Å². The Morgan fingerprint density at radius 1 is 1.15 bits per heavy atom. The van der Waals surface area contributed by atoms with E-state index in [4.69, 9.17) is 5.73 Å². The molecule has 2 heterocycles. The summed E-state index contributed by atoms with van der Waals surface area (Å²) >= 11 is 0. The summed E-state index contributed by atoms with van der Waals surface area (Å²) in [6, 6.07) is 10.3. The van der Waals surface area contributed by atoms with Gasteiger partial charge in [0.1, 0.15) is 5.82 Å². The molecule has 2 aromatic heterocycles. The van der Waals surface area contributed by atoms with Gasteiger partial charge in [-0.2, -0.15) is 5.10 Å². The van der Waals surface area contributed by atoms with Gasteiger partial charge in [-0.15, -0.1) is 0 Å². The van der Waals surface area contributed by atoms with E-state index in [0.29, 0.717) is 11.5 Å². The number of rotatable bonds is 2. The van der Waals surface area contributed by atoms with Crippen LogP contribution in [0.15, 0.2) is 30.3 Å². The van der Waals surface area contributed by atoms with Crippen molar-refractivity contribution in [1.82, 2.24) is 15.2 Å². The second-order valence-corrected chi connectivity index (χ2v) is 5.12. The number of H-pyrrole nitrogens is 1. The van der Waals surface area contributed by atoms with Crippen LogP contribution in [0.5, 0.6) is 0 Å². The molecule has 20 heavy (non-hydrogen) atoms. The molecule has 5 heteroatoms. The van der Waals surface area contributed by atoms with Crippen LogP contribution in [0.2, 0.25) is 0 Å². The molecular weight excluding hydrogens is 250 g/mol. The molecule has 0 fully saturated rings. The number of hydrogen-bond acceptors (Lipinski definition) is 4. The van der Waals surface area contributed by atoms with Crippen molar-refractivity contribution < 1.29 is 0 Å². The Bertz CT molecular complexity index is 790. The topological polar surface area (TPSA) is 79.6 Å². The molecule has 100 valence electrons. The molecule has 0 saturated heterocycles. The Balaban J connectivity index is 1.72. The van der Waals surface area contributed by atoms with Gasteiger partial charge in [-0.3, -0.25) is 5.10 Å². The van der Waals surface area contributed by atoms with Gasteiger partial charge in [-0.1, -0.05) is 12.1 Å². The van der Waals surface area contributed by atoms with Crippen molar-refractivity contribution in [3.63, 3.8) is 0 Å². The second-order valence-electron chi connectivity index (χ2n) is 5.12. The van der Waals surface area contributed by atoms with Gasteiger partial charge in [0.25, 0.3) is 0 Å². The van der Waals surface area contributed by atoms with E-state index in [-0.39, 0.29) is 0 Å². The lowest BCUT2D eigenvalue weighted by Gasteiger charge is -2.10. The molecular formula is C15H15N5. The van der Waals surface area contributed by atoms with E-state index in [1.165, 1.54) is 24.0 Å². The van der Waals surface area contributed by atoms with E-state index in [1.54, 1.807) is 0 Å². The molecule has 1 aromatic carbocycles. The van der Waals surface area contributed by atoms with Gasteiger partial charge in [0.15, 0.2) is 11.5 Å². The molecule has 0 amide bonds. The van der Waals surface area contributed by atoms with Crippen LogP contribution in [0.1, 0.15) is 17.5 Å². The average Bonchev–Trinajstić information content (AvgIpc) is 3.07. The standard InChI is InChI=1S/C15H15N5/c16-14-11-7-8-13(18-15(11)20-19-14)17-12-6-2-4-9-3-1-5-10(9)12/h2,4,6-8H,1,3,5H2,(H4,16,17,18,19,20). The van der Waals surface area contributed by atoms with Gasteiger partial charge in [0.2, 0.25) is 0 Å². The van der Waals surface area contributed by atoms with Gasteiger partial charge in [0.05, 0.1) is 5.39 Å². The molecule has 3 aromatic rings. The average molecular weight is 265 g/mol. The minimum atomic E-state index is 0.486. The molecule has 4 N–H and O–H groups in total. The van der Waals surface area contributed by atoms with Crippen LogP contribution < -0.4 is 11.1 Å². The quantitative estimate of drug-likeness (QED) is 0.665. The summed E-state index contributed by atoms with van der Waals surface area (Å²) in [5.41, 5.74) is 10.5. The molecule has 0 unspecified atom stereocenters. The molecule has 5 nitrogen and oxygen atoms in total. The van der Waals surface area contributed by atoms with Crippen LogP contribution in [0.25, 0.3) is 11.0 Å². The Labute approximate surface area is 116 Å². The predicted molar refractivity (Wildman–Crippen MR) is 80.1 cm³/mol. The van der Waals surface area contributed by atoms with E-state index < -0.39 is 0 Å². The fraction of sp³-hybridized carbons (Fsp3) is 0.200. The summed E-state index contributed by atoms with van der Waals surface area (Å²) in [4.78, 5) is 4.51. The van der Waals surface area contributed by atoms with Crippen LogP contribution in [0.4, 0.5) is 17.3 Å². The normalized spacial score (nSPS) is 13.6. The minimum absolute atomic E-state index is 0.486. The van der Waals surface area contributed by atoms with Crippen molar-refractivity contribution >= 4 is 28.4 Å². The number of hydrogen-bond donors (Lipinski definition) is 3. The second kappa shape index (κ2) is 4.23. The molecule has 0 atom stereocenters. The first-order chi connectivity index (χ1) is 9.81.